The molecule has 3 aromatic rings. The van der Waals surface area contributed by atoms with Crippen LogP contribution in [-0.2, 0) is 0 Å². The van der Waals surface area contributed by atoms with Gasteiger partial charge in [0.15, 0.2) is 11.6 Å². The molecule has 1 saturated carbocycles. The molecule has 2 aromatic carbocycles. The van der Waals surface area contributed by atoms with E-state index in [1.807, 2.05) is 35.2 Å². The van der Waals surface area contributed by atoms with E-state index in [9.17, 15) is 9.59 Å². The van der Waals surface area contributed by atoms with Gasteiger partial charge in [-0.3, -0.25) is 9.36 Å². The summed E-state index contributed by atoms with van der Waals surface area (Å²) in [5.41, 5.74) is 5.56. The summed E-state index contributed by atoms with van der Waals surface area (Å²) in [6.45, 7) is 1.40. The van der Waals surface area contributed by atoms with Crippen molar-refractivity contribution in [3.63, 3.8) is 0 Å². The summed E-state index contributed by atoms with van der Waals surface area (Å²) in [6, 6.07) is 10.3. The number of rotatable bonds is 7. The van der Waals surface area contributed by atoms with Crippen LogP contribution in [0.2, 0.25) is 0 Å². The normalized spacial score (nSPS) is 18.9. The first-order valence-corrected chi connectivity index (χ1v) is 11.4. The number of halogens is 1. The van der Waals surface area contributed by atoms with E-state index in [1.165, 1.54) is 11.7 Å². The molecule has 0 radical (unpaired) electrons. The fourth-order valence-electron chi connectivity index (χ4n) is 4.78. The molecule has 0 spiro atoms. The topological polar surface area (TPSA) is 118 Å². The molecule has 180 valence electrons. The number of hydrogen-bond acceptors (Lipinski definition) is 7. The van der Waals surface area contributed by atoms with Gasteiger partial charge in [0.1, 0.15) is 23.6 Å². The van der Waals surface area contributed by atoms with Crippen LogP contribution in [0.15, 0.2) is 46.0 Å². The lowest BCUT2D eigenvalue weighted by Gasteiger charge is -2.25. The van der Waals surface area contributed by atoms with Crippen molar-refractivity contribution in [3.05, 3.63) is 63.1 Å². The van der Waals surface area contributed by atoms with Crippen molar-refractivity contribution in [3.8, 4) is 11.5 Å². The van der Waals surface area contributed by atoms with Crippen molar-refractivity contribution in [2.75, 3.05) is 37.5 Å². The van der Waals surface area contributed by atoms with E-state index in [0.717, 1.165) is 31.1 Å². The number of nitrogens with two attached hydrogens (primary N) is 2. The molecule has 1 saturated heterocycles. The van der Waals surface area contributed by atoms with Crippen molar-refractivity contribution in [1.29, 1.82) is 0 Å². The second-order valence-corrected chi connectivity index (χ2v) is 8.98. The number of hydrogen-bond donors (Lipinski definition) is 2. The number of anilines is 1. The van der Waals surface area contributed by atoms with Crippen LogP contribution >= 0.6 is 0 Å². The molecule has 2 aliphatic rings. The monoisotopic (exact) mass is 469 g/mol. The number of aromatic nitrogens is 2. The van der Waals surface area contributed by atoms with Crippen LogP contribution in [0.25, 0.3) is 10.9 Å². The summed E-state index contributed by atoms with van der Waals surface area (Å²) in [6.07, 6.45) is 2.32. The third-order valence-electron chi connectivity index (χ3n) is 6.73. The summed E-state index contributed by atoms with van der Waals surface area (Å²) in [4.78, 5) is 27.4. The quantitative estimate of drug-likeness (QED) is 0.505. The highest BCUT2D eigenvalue weighted by Gasteiger charge is 2.35. The van der Waals surface area contributed by atoms with Crippen LogP contribution in [0.5, 0.6) is 11.5 Å². The average molecular weight is 470 g/mol. The van der Waals surface area contributed by atoms with Crippen LogP contribution in [0.4, 0.5) is 10.1 Å². The Hall–Kier alpha value is -3.53. The van der Waals surface area contributed by atoms with Gasteiger partial charge < -0.3 is 25.9 Å². The number of benzene rings is 2. The number of fused-ring (bicyclic) bond motifs is 1. The molecule has 0 amide bonds. The number of nitrogen functional groups attached to an aromatic ring is 1. The summed E-state index contributed by atoms with van der Waals surface area (Å²) in [7, 11) is 1.42. The molecule has 34 heavy (non-hydrogen) atoms. The third kappa shape index (κ3) is 3.77. The minimum absolute atomic E-state index is 0.0239. The highest BCUT2D eigenvalue weighted by Crippen LogP contribution is 2.43. The second kappa shape index (κ2) is 8.68. The zero-order valence-corrected chi connectivity index (χ0v) is 18.9. The first-order valence-electron chi connectivity index (χ1n) is 11.4. The van der Waals surface area contributed by atoms with E-state index in [-0.39, 0.29) is 34.8 Å². The van der Waals surface area contributed by atoms with Crippen molar-refractivity contribution in [1.82, 2.24) is 9.24 Å². The van der Waals surface area contributed by atoms with Crippen molar-refractivity contribution in [2.45, 2.75) is 31.3 Å². The lowest BCUT2D eigenvalue weighted by molar-refractivity contribution is 0.253. The van der Waals surface area contributed by atoms with Crippen molar-refractivity contribution < 1.29 is 13.9 Å². The molecule has 5 rings (SSSR count). The molecular formula is C24H28FN5O4. The van der Waals surface area contributed by atoms with Gasteiger partial charge in [-0.15, -0.1) is 0 Å². The molecular weight excluding hydrogens is 441 g/mol. The van der Waals surface area contributed by atoms with Gasteiger partial charge in [0.05, 0.1) is 12.5 Å². The molecule has 9 nitrogen and oxygen atoms in total. The molecule has 2 heterocycles. The van der Waals surface area contributed by atoms with Crippen molar-refractivity contribution >= 4 is 16.6 Å². The predicted octanol–water partition coefficient (Wildman–Crippen LogP) is 1.59. The zero-order chi connectivity index (χ0) is 24.0. The Balaban J connectivity index is 1.48. The first-order chi connectivity index (χ1) is 16.4. The molecule has 0 bridgehead atoms. The van der Waals surface area contributed by atoms with Gasteiger partial charge in [-0.1, -0.05) is 18.2 Å². The van der Waals surface area contributed by atoms with E-state index in [2.05, 4.69) is 0 Å². The minimum Gasteiger partial charge on any atom is -0.492 e. The summed E-state index contributed by atoms with van der Waals surface area (Å²) < 4.78 is 28.9. The molecule has 2 fully saturated rings. The fraction of sp³-hybridized carbons (Fsp3) is 0.417. The van der Waals surface area contributed by atoms with E-state index in [0.29, 0.717) is 29.9 Å². The smallest absolute Gasteiger partial charge is 0.350 e. The van der Waals surface area contributed by atoms with Crippen LogP contribution < -0.4 is 37.2 Å². The Kier molecular flexibility index (Phi) is 5.68. The fourth-order valence-corrected chi connectivity index (χ4v) is 4.78. The molecule has 4 N–H and O–H groups in total. The SMILES string of the molecule is COc1c(N2CC[C@H]([C@@H](N)COc3ccccc3)C2)c(F)cc2c(=O)n(N)c(=O)n(C3CC3)c12. The molecule has 10 heteroatoms. The molecule has 1 aromatic heterocycles. The Labute approximate surface area is 195 Å². The summed E-state index contributed by atoms with van der Waals surface area (Å²) >= 11 is 0. The lowest BCUT2D eigenvalue weighted by atomic mass is 10.0. The van der Waals surface area contributed by atoms with E-state index < -0.39 is 17.1 Å². The number of para-hydroxylation sites is 1. The zero-order valence-electron chi connectivity index (χ0n) is 18.9. The van der Waals surface area contributed by atoms with Gasteiger partial charge in [0.25, 0.3) is 5.56 Å². The van der Waals surface area contributed by atoms with Gasteiger partial charge in [-0.05, 0) is 43.4 Å². The largest absolute Gasteiger partial charge is 0.492 e. The number of ether oxygens (including phenoxy) is 2. The van der Waals surface area contributed by atoms with Crippen LogP contribution in [0, 0.1) is 11.7 Å². The van der Waals surface area contributed by atoms with Gasteiger partial charge in [-0.25, -0.2) is 9.18 Å². The number of methoxy groups -OCH3 is 1. The first kappa shape index (κ1) is 22.3. The van der Waals surface area contributed by atoms with E-state index in [4.69, 9.17) is 21.1 Å². The van der Waals surface area contributed by atoms with E-state index in [1.54, 1.807) is 0 Å². The van der Waals surface area contributed by atoms with Gasteiger partial charge in [-0.2, -0.15) is 4.68 Å². The maximum Gasteiger partial charge on any atom is 0.350 e. The Morgan fingerprint density at radius 1 is 1.18 bits per heavy atom. The van der Waals surface area contributed by atoms with E-state index >= 15 is 4.39 Å². The van der Waals surface area contributed by atoms with Crippen LogP contribution in [0.3, 0.4) is 0 Å². The predicted molar refractivity (Wildman–Crippen MR) is 128 cm³/mol. The van der Waals surface area contributed by atoms with Gasteiger partial charge in [0.2, 0.25) is 0 Å². The van der Waals surface area contributed by atoms with Crippen LogP contribution in [0.1, 0.15) is 25.3 Å². The van der Waals surface area contributed by atoms with Gasteiger partial charge in [0, 0.05) is 25.2 Å². The van der Waals surface area contributed by atoms with Gasteiger partial charge >= 0.3 is 5.69 Å². The number of nitrogens with zero attached hydrogens (tertiary/aromatic N) is 3. The summed E-state index contributed by atoms with van der Waals surface area (Å²) in [5.74, 6) is 6.11. The minimum atomic E-state index is -0.750. The maximum absolute atomic E-state index is 15.4. The lowest BCUT2D eigenvalue weighted by Crippen LogP contribution is -2.44. The summed E-state index contributed by atoms with van der Waals surface area (Å²) in [5, 5.41) is 0.0239. The van der Waals surface area contributed by atoms with Crippen molar-refractivity contribution in [2.24, 2.45) is 11.7 Å². The Morgan fingerprint density at radius 2 is 1.91 bits per heavy atom. The second-order valence-electron chi connectivity index (χ2n) is 8.98. The maximum atomic E-state index is 15.4. The Morgan fingerprint density at radius 3 is 2.59 bits per heavy atom. The molecule has 2 atom stereocenters. The van der Waals surface area contributed by atoms with Crippen LogP contribution in [-0.4, -0.2) is 42.1 Å². The standard InChI is InChI=1S/C24H28FN5O4/c1-33-22-20-17(23(31)30(27)24(32)29(20)15-7-8-15)11-18(25)21(22)28-10-9-14(12-28)19(26)13-34-16-5-3-2-4-6-16/h2-6,11,14-15,19H,7-10,12-13,26-27H2,1H3/t14-,19-/m0/s1. The Bertz CT molecular complexity index is 1340. The molecule has 1 aliphatic heterocycles. The third-order valence-corrected chi connectivity index (χ3v) is 6.73. The molecule has 0 unspecified atom stereocenters. The highest BCUT2D eigenvalue weighted by atomic mass is 19.1. The average Bonchev–Trinajstić information content (AvgIpc) is 3.57. The molecule has 1 aliphatic carbocycles. The highest BCUT2D eigenvalue weighted by molar-refractivity contribution is 5.91.